The van der Waals surface area contributed by atoms with E-state index in [2.05, 4.69) is 47.2 Å². The molecule has 198 valence electrons. The normalized spacial score (nSPS) is 26.8. The van der Waals surface area contributed by atoms with Crippen molar-refractivity contribution in [3.05, 3.63) is 70.5 Å². The second-order valence-electron chi connectivity index (χ2n) is 11.7. The molecular formula is C31H41N3O3. The van der Waals surface area contributed by atoms with Crippen molar-refractivity contribution in [2.75, 3.05) is 32.7 Å². The van der Waals surface area contributed by atoms with E-state index in [1.54, 1.807) is 12.1 Å². The molecule has 3 heterocycles. The van der Waals surface area contributed by atoms with Crippen LogP contribution in [0, 0.1) is 5.92 Å². The van der Waals surface area contributed by atoms with Gasteiger partial charge in [-0.1, -0.05) is 53.4 Å². The number of benzene rings is 1. The Hall–Kier alpha value is -2.86. The first kappa shape index (κ1) is 25.8. The highest BCUT2D eigenvalue weighted by Crippen LogP contribution is 2.37. The smallest absolute Gasteiger partial charge is 0.335 e. The van der Waals surface area contributed by atoms with Gasteiger partial charge in [0.2, 0.25) is 0 Å². The summed E-state index contributed by atoms with van der Waals surface area (Å²) in [5, 5.41) is 13.6. The first-order valence-electron chi connectivity index (χ1n) is 13.9. The highest BCUT2D eigenvalue weighted by Gasteiger charge is 2.42. The summed E-state index contributed by atoms with van der Waals surface area (Å²) in [4.78, 5) is 22.4. The molecular weight excluding hydrogens is 462 g/mol. The zero-order valence-electron chi connectivity index (χ0n) is 22.4. The Balaban J connectivity index is 1.19. The van der Waals surface area contributed by atoms with Crippen molar-refractivity contribution in [2.24, 2.45) is 11.1 Å². The zero-order chi connectivity index (χ0) is 25.8. The maximum absolute atomic E-state index is 11.2. The molecule has 4 aliphatic rings. The summed E-state index contributed by atoms with van der Waals surface area (Å²) >= 11 is 0. The van der Waals surface area contributed by atoms with E-state index >= 15 is 0 Å². The third kappa shape index (κ3) is 6.92. The highest BCUT2D eigenvalue weighted by molar-refractivity contribution is 6.02. The molecule has 6 heteroatoms. The quantitative estimate of drug-likeness (QED) is 0.461. The summed E-state index contributed by atoms with van der Waals surface area (Å²) in [6, 6.07) is 6.96. The van der Waals surface area contributed by atoms with Gasteiger partial charge in [-0.05, 0) is 62.3 Å². The van der Waals surface area contributed by atoms with E-state index < -0.39 is 5.97 Å². The van der Waals surface area contributed by atoms with Gasteiger partial charge in [0.15, 0.2) is 0 Å². The second kappa shape index (κ2) is 11.3. The number of nitrogens with zero attached hydrogens (tertiary/aromatic N) is 3. The van der Waals surface area contributed by atoms with Crippen LogP contribution < -0.4 is 0 Å². The van der Waals surface area contributed by atoms with Gasteiger partial charge < -0.3 is 14.8 Å². The fourth-order valence-corrected chi connectivity index (χ4v) is 5.78. The number of carboxylic acid groups (broad SMARTS) is 1. The van der Waals surface area contributed by atoms with Crippen LogP contribution in [0.25, 0.3) is 0 Å². The number of aromatic carboxylic acids is 1. The lowest BCUT2D eigenvalue weighted by Crippen LogP contribution is -2.45. The summed E-state index contributed by atoms with van der Waals surface area (Å²) in [7, 11) is 0. The maximum atomic E-state index is 11.2. The molecule has 3 aliphatic heterocycles. The first-order chi connectivity index (χ1) is 17.9. The van der Waals surface area contributed by atoms with Gasteiger partial charge in [0.05, 0.1) is 11.3 Å². The van der Waals surface area contributed by atoms with Crippen LogP contribution >= 0.6 is 0 Å². The zero-order valence-corrected chi connectivity index (χ0v) is 22.4. The largest absolute Gasteiger partial charge is 0.478 e. The number of oxime groups is 1. The first-order valence-corrected chi connectivity index (χ1v) is 13.9. The van der Waals surface area contributed by atoms with Crippen molar-refractivity contribution in [1.29, 1.82) is 0 Å². The van der Waals surface area contributed by atoms with Crippen LogP contribution in [0.1, 0.15) is 81.1 Å². The van der Waals surface area contributed by atoms with Gasteiger partial charge in [0, 0.05) is 58.2 Å². The molecule has 1 aliphatic carbocycles. The fourth-order valence-electron chi connectivity index (χ4n) is 5.78. The summed E-state index contributed by atoms with van der Waals surface area (Å²) in [6.07, 6.45) is 16.2. The molecule has 1 spiro atoms. The molecule has 0 atom stereocenters. The van der Waals surface area contributed by atoms with Crippen molar-refractivity contribution in [3.63, 3.8) is 0 Å². The maximum Gasteiger partial charge on any atom is 0.335 e. The van der Waals surface area contributed by atoms with Gasteiger partial charge in [0.25, 0.3) is 0 Å². The Labute approximate surface area is 221 Å². The topological polar surface area (TPSA) is 65.4 Å². The summed E-state index contributed by atoms with van der Waals surface area (Å²) in [5.74, 6) is 0.0407. The lowest BCUT2D eigenvalue weighted by atomic mass is 9.85. The van der Waals surface area contributed by atoms with Crippen LogP contribution in [0.3, 0.4) is 0 Å². The molecule has 0 aromatic heterocycles. The second-order valence-corrected chi connectivity index (χ2v) is 11.7. The lowest BCUT2D eigenvalue weighted by Gasteiger charge is -2.38. The highest BCUT2D eigenvalue weighted by atomic mass is 16.7. The van der Waals surface area contributed by atoms with E-state index in [4.69, 9.17) is 9.94 Å². The van der Waals surface area contributed by atoms with Crippen molar-refractivity contribution in [2.45, 2.75) is 70.8 Å². The van der Waals surface area contributed by atoms with E-state index in [-0.39, 0.29) is 5.60 Å². The van der Waals surface area contributed by atoms with Gasteiger partial charge in [-0.15, -0.1) is 0 Å². The molecule has 5 rings (SSSR count). The average Bonchev–Trinajstić information content (AvgIpc) is 3.62. The summed E-state index contributed by atoms with van der Waals surface area (Å²) in [5.41, 5.74) is 6.38. The third-order valence-corrected chi connectivity index (χ3v) is 8.28. The van der Waals surface area contributed by atoms with Gasteiger partial charge in [-0.3, -0.25) is 4.90 Å². The number of allylic oxidation sites excluding steroid dienone is 3. The van der Waals surface area contributed by atoms with Crippen LogP contribution in [0.5, 0.6) is 0 Å². The van der Waals surface area contributed by atoms with Gasteiger partial charge >= 0.3 is 5.97 Å². The minimum absolute atomic E-state index is 0.226. The Bertz CT molecular complexity index is 1100. The monoisotopic (exact) mass is 503 g/mol. The molecule has 37 heavy (non-hydrogen) atoms. The fraction of sp³-hybridized carbons (Fsp3) is 0.548. The van der Waals surface area contributed by atoms with Crippen LogP contribution in [0.2, 0.25) is 0 Å². The number of hydrogen-bond donors (Lipinski definition) is 1. The molecule has 0 unspecified atom stereocenters. The molecule has 0 radical (unpaired) electrons. The lowest BCUT2D eigenvalue weighted by molar-refractivity contribution is -0.0602. The van der Waals surface area contributed by atoms with Gasteiger partial charge in [0.1, 0.15) is 5.60 Å². The van der Waals surface area contributed by atoms with Crippen LogP contribution in [0.4, 0.5) is 0 Å². The summed E-state index contributed by atoms with van der Waals surface area (Å²) in [6.45, 7) is 9.75. The Morgan fingerprint density at radius 2 is 1.84 bits per heavy atom. The SMILES string of the molecule is C/C1=C/C/C=C(/C)CN(CCC2CC2)/C=C(/CN2CCC3(CC2)CC(c2ccc(C(=O)O)cc2)=NO3)C1. The van der Waals surface area contributed by atoms with E-state index in [0.717, 1.165) is 82.0 Å². The molecule has 0 bridgehead atoms. The van der Waals surface area contributed by atoms with Crippen molar-refractivity contribution < 1.29 is 14.7 Å². The number of piperidine rings is 1. The number of likely N-dealkylation sites (tertiary alicyclic amines) is 1. The predicted octanol–water partition coefficient (Wildman–Crippen LogP) is 6.02. The van der Waals surface area contributed by atoms with E-state index in [1.807, 2.05) is 12.1 Å². The standard InChI is InChI=1S/C31H41N3O3/c1-23-4-3-5-24(2)20-34(15-12-25-6-7-25)22-26(18-23)21-33-16-13-31(14-17-33)19-29(32-37-31)27-8-10-28(11-9-27)30(35)36/h4-5,8-11,22,25H,3,6-7,12-21H2,1-2H3,(H,35,36)/b23-4-,24-5-,26-22+. The molecule has 1 aromatic rings. The molecule has 1 N–H and O–H groups in total. The van der Waals surface area contributed by atoms with Crippen molar-refractivity contribution in [1.82, 2.24) is 9.80 Å². The molecule has 1 saturated heterocycles. The molecule has 1 aromatic carbocycles. The van der Waals surface area contributed by atoms with Gasteiger partial charge in [-0.25, -0.2) is 4.79 Å². The van der Waals surface area contributed by atoms with Crippen LogP contribution in [-0.2, 0) is 4.84 Å². The number of carbonyl (C=O) groups is 1. The Morgan fingerprint density at radius 1 is 1.11 bits per heavy atom. The number of carboxylic acids is 1. The minimum atomic E-state index is -0.908. The van der Waals surface area contributed by atoms with Crippen molar-refractivity contribution >= 4 is 11.7 Å². The van der Waals surface area contributed by atoms with E-state index in [0.29, 0.717) is 5.56 Å². The molecule has 0 amide bonds. The van der Waals surface area contributed by atoms with Crippen LogP contribution in [0.15, 0.2) is 64.5 Å². The van der Waals surface area contributed by atoms with E-state index in [1.165, 1.54) is 36.0 Å². The predicted molar refractivity (Wildman–Crippen MR) is 148 cm³/mol. The van der Waals surface area contributed by atoms with Crippen molar-refractivity contribution in [3.8, 4) is 0 Å². The minimum Gasteiger partial charge on any atom is -0.478 e. The Kier molecular flexibility index (Phi) is 7.84. The number of rotatable bonds is 7. The Morgan fingerprint density at radius 3 is 2.54 bits per heavy atom. The number of hydrogen-bond acceptors (Lipinski definition) is 5. The van der Waals surface area contributed by atoms with E-state index in [9.17, 15) is 4.79 Å². The summed E-state index contributed by atoms with van der Waals surface area (Å²) < 4.78 is 0. The molecule has 6 nitrogen and oxygen atoms in total. The van der Waals surface area contributed by atoms with Crippen LogP contribution in [-0.4, -0.2) is 64.9 Å². The molecule has 2 fully saturated rings. The third-order valence-electron chi connectivity index (χ3n) is 8.28. The van der Waals surface area contributed by atoms with Gasteiger partial charge in [-0.2, -0.15) is 0 Å². The molecule has 1 saturated carbocycles. The average molecular weight is 504 g/mol.